The van der Waals surface area contributed by atoms with Gasteiger partial charge in [-0.1, -0.05) is 6.42 Å². The quantitative estimate of drug-likeness (QED) is 0.210. The lowest BCUT2D eigenvalue weighted by molar-refractivity contribution is -0.158. The van der Waals surface area contributed by atoms with Crippen LogP contribution in [0.3, 0.4) is 0 Å². The maximum absolute atomic E-state index is 14.2. The van der Waals surface area contributed by atoms with Gasteiger partial charge in [-0.3, -0.25) is 10.1 Å². The summed E-state index contributed by atoms with van der Waals surface area (Å²) < 4.78 is 60.5. The zero-order valence-corrected chi connectivity index (χ0v) is 21.6. The molecule has 2 aliphatic heterocycles. The molecule has 0 aromatic heterocycles. The molecule has 4 aliphatic rings. The molecule has 0 aromatic rings. The molecule has 4 rings (SSSR count). The van der Waals surface area contributed by atoms with Gasteiger partial charge >= 0.3 is 6.18 Å². The number of ether oxygens (including phenoxy) is 1. The molecule has 0 aromatic carbocycles. The maximum atomic E-state index is 14.2. The summed E-state index contributed by atoms with van der Waals surface area (Å²) in [5.41, 5.74) is 2.60. The predicted octanol–water partition coefficient (Wildman–Crippen LogP) is 3.99. The van der Waals surface area contributed by atoms with Crippen LogP contribution >= 0.6 is 23.2 Å². The van der Waals surface area contributed by atoms with Crippen LogP contribution in [0.4, 0.5) is 17.6 Å². The minimum absolute atomic E-state index is 0.0614. The number of nitrogens with one attached hydrogen (secondary N) is 3. The van der Waals surface area contributed by atoms with Crippen molar-refractivity contribution in [2.75, 3.05) is 13.2 Å². The summed E-state index contributed by atoms with van der Waals surface area (Å²) in [4.78, 5) is 17.7. The predicted molar refractivity (Wildman–Crippen MR) is 130 cm³/mol. The lowest BCUT2D eigenvalue weighted by atomic mass is 9.88. The molecule has 2 saturated carbocycles. The van der Waals surface area contributed by atoms with E-state index in [9.17, 15) is 22.4 Å². The number of carbonyl (C=O) groups excluding carboxylic acids is 1. The number of carbonyl (C=O) groups is 1. The summed E-state index contributed by atoms with van der Waals surface area (Å²) in [5, 5.41) is 6.98. The highest BCUT2D eigenvalue weighted by atomic mass is 35.5. The van der Waals surface area contributed by atoms with Crippen molar-refractivity contribution in [1.29, 1.82) is 0 Å². The van der Waals surface area contributed by atoms with Crippen molar-refractivity contribution >= 4 is 35.1 Å². The molecule has 13 heteroatoms. The van der Waals surface area contributed by atoms with E-state index in [4.69, 9.17) is 27.9 Å². The van der Waals surface area contributed by atoms with Gasteiger partial charge in [0, 0.05) is 48.4 Å². The average Bonchev–Trinajstić information content (AvgIpc) is 3.23. The largest absolute Gasteiger partial charge is 0.405 e. The molecule has 0 bridgehead atoms. The second-order valence-corrected chi connectivity index (χ2v) is 11.6. The van der Waals surface area contributed by atoms with Gasteiger partial charge in [0.25, 0.3) is 0 Å². The average molecular weight is 560 g/mol. The van der Waals surface area contributed by atoms with Gasteiger partial charge in [-0.15, -0.1) is 23.2 Å². The van der Waals surface area contributed by atoms with Gasteiger partial charge in [-0.2, -0.15) is 13.2 Å². The van der Waals surface area contributed by atoms with Gasteiger partial charge in [0.05, 0.1) is 0 Å². The van der Waals surface area contributed by atoms with Crippen LogP contribution in [0.2, 0.25) is 0 Å². The zero-order valence-electron chi connectivity index (χ0n) is 20.1. The van der Waals surface area contributed by atoms with E-state index in [1.165, 1.54) is 0 Å². The van der Waals surface area contributed by atoms with Crippen LogP contribution in [0.5, 0.6) is 0 Å². The van der Waals surface area contributed by atoms with Crippen LogP contribution in [-0.2, 0) is 9.53 Å². The Kier molecular flexibility index (Phi) is 9.63. The summed E-state index contributed by atoms with van der Waals surface area (Å²) in [6.07, 6.45) is -1.83. The highest BCUT2D eigenvalue weighted by molar-refractivity contribution is 6.21. The highest BCUT2D eigenvalue weighted by Crippen LogP contribution is 2.33. The lowest BCUT2D eigenvalue weighted by Gasteiger charge is -2.35. The standard InChI is InChI=1S/C23H35Cl2F4N5O2/c24-14-3-1-2-13(8-14)21(35)32-22(30-17-10-15(25)9-16(26)11-17)31-20-12-19(23(27,28)29)33-34(20)18-4-6-36-7-5-18/h13-20,33H,1-12H2,(H2,30,31,32,35). The van der Waals surface area contributed by atoms with E-state index in [1.54, 1.807) is 5.01 Å². The molecule has 7 unspecified atom stereocenters. The highest BCUT2D eigenvalue weighted by Gasteiger charge is 2.49. The molecule has 4 fully saturated rings. The topological polar surface area (TPSA) is 78.0 Å². The third-order valence-corrected chi connectivity index (χ3v) is 8.24. The fraction of sp³-hybridized carbons (Fsp3) is 0.913. The van der Waals surface area contributed by atoms with Gasteiger partial charge in [-0.05, 0) is 51.4 Å². The number of nitrogens with zero attached hydrogens (tertiary/aromatic N) is 2. The Hall–Kier alpha value is -0.880. The lowest BCUT2D eigenvalue weighted by Crippen LogP contribution is -2.53. The van der Waals surface area contributed by atoms with E-state index < -0.39 is 30.6 Å². The molecule has 3 N–H and O–H groups in total. The van der Waals surface area contributed by atoms with Crippen LogP contribution in [-0.4, -0.2) is 77.5 Å². The van der Waals surface area contributed by atoms with Crippen LogP contribution < -0.4 is 16.1 Å². The molecular weight excluding hydrogens is 525 g/mol. The van der Waals surface area contributed by atoms with Gasteiger partial charge in [0.2, 0.25) is 5.91 Å². The molecule has 1 amide bonds. The number of hydrogen-bond donors (Lipinski definition) is 3. The van der Waals surface area contributed by atoms with Crippen LogP contribution in [0.1, 0.15) is 64.2 Å². The van der Waals surface area contributed by atoms with Crippen LogP contribution in [0.15, 0.2) is 4.99 Å². The van der Waals surface area contributed by atoms with Crippen molar-refractivity contribution in [3.63, 3.8) is 0 Å². The van der Waals surface area contributed by atoms with E-state index >= 15 is 0 Å². The van der Waals surface area contributed by atoms with Gasteiger partial charge in [-0.25, -0.2) is 19.8 Å². The Bertz CT molecular complexity index is 776. The van der Waals surface area contributed by atoms with E-state index in [1.807, 2.05) is 0 Å². The molecule has 36 heavy (non-hydrogen) atoms. The normalized spacial score (nSPS) is 37.6. The molecule has 0 radical (unpaired) electrons. The first-order chi connectivity index (χ1) is 17.1. The third-order valence-electron chi connectivity index (χ3n) is 7.49. The smallest absolute Gasteiger partial charge is 0.381 e. The number of halogens is 6. The monoisotopic (exact) mass is 559 g/mol. The Morgan fingerprint density at radius 2 is 1.75 bits per heavy atom. The third kappa shape index (κ3) is 7.58. The van der Waals surface area contributed by atoms with Crippen LogP contribution in [0, 0.1) is 5.92 Å². The summed E-state index contributed by atoms with van der Waals surface area (Å²) >= 11 is 12.5. The Balaban J connectivity index is 1.55. The second-order valence-electron chi connectivity index (χ2n) is 10.4. The number of rotatable bonds is 4. The van der Waals surface area contributed by atoms with Gasteiger partial charge in [0.15, 0.2) is 5.96 Å². The van der Waals surface area contributed by atoms with Crippen molar-refractivity contribution in [3.8, 4) is 0 Å². The first kappa shape index (κ1) is 28.1. The number of hydrogen-bond acceptors (Lipinski definition) is 5. The Morgan fingerprint density at radius 3 is 2.42 bits per heavy atom. The van der Waals surface area contributed by atoms with Crippen molar-refractivity contribution < 1.29 is 27.1 Å². The Morgan fingerprint density at radius 1 is 1.00 bits per heavy atom. The molecule has 2 heterocycles. The first-order valence-electron chi connectivity index (χ1n) is 12.8. The summed E-state index contributed by atoms with van der Waals surface area (Å²) in [5.74, 6) is -0.533. The zero-order chi connectivity index (χ0) is 25.9. The van der Waals surface area contributed by atoms with E-state index in [-0.39, 0.29) is 53.8 Å². The Labute approximate surface area is 219 Å². The maximum Gasteiger partial charge on any atom is 0.405 e. The molecule has 206 valence electrons. The van der Waals surface area contributed by atoms with Crippen molar-refractivity contribution in [3.05, 3.63) is 0 Å². The summed E-state index contributed by atoms with van der Waals surface area (Å²) in [6, 6.07) is -2.34. The van der Waals surface area contributed by atoms with E-state index in [2.05, 4.69) is 21.1 Å². The molecule has 7 nitrogen and oxygen atoms in total. The summed E-state index contributed by atoms with van der Waals surface area (Å²) in [7, 11) is 0. The number of alkyl halides is 6. The van der Waals surface area contributed by atoms with Gasteiger partial charge in [0.1, 0.15) is 18.4 Å². The van der Waals surface area contributed by atoms with E-state index in [0.29, 0.717) is 45.3 Å². The number of aliphatic imine (C=N–C) groups is 1. The van der Waals surface area contributed by atoms with Crippen molar-refractivity contribution in [2.24, 2.45) is 10.9 Å². The summed E-state index contributed by atoms with van der Waals surface area (Å²) in [6.45, 7) is 0.909. The van der Waals surface area contributed by atoms with E-state index in [0.717, 1.165) is 12.8 Å². The number of guanidine groups is 1. The first-order valence-corrected chi connectivity index (χ1v) is 13.7. The minimum atomic E-state index is -4.45. The molecule has 7 atom stereocenters. The number of amides is 1. The van der Waals surface area contributed by atoms with Crippen LogP contribution in [0.25, 0.3) is 0 Å². The SMILES string of the molecule is O=C(N/C(=N\C1CC(C(F)(F)F)NN1C1CCOCC1)NC1CC(F)CC(Cl)C1)C1CCCC(Cl)C1. The second kappa shape index (κ2) is 12.3. The minimum Gasteiger partial charge on any atom is -0.381 e. The molecular formula is C23H35Cl2F4N5O2. The molecule has 2 saturated heterocycles. The fourth-order valence-electron chi connectivity index (χ4n) is 5.61. The number of hydrazine groups is 1. The van der Waals surface area contributed by atoms with Crippen molar-refractivity contribution in [1.82, 2.24) is 21.1 Å². The molecule has 2 aliphatic carbocycles. The molecule has 0 spiro atoms. The fourth-order valence-corrected chi connectivity index (χ4v) is 6.39. The van der Waals surface area contributed by atoms with Gasteiger partial charge < -0.3 is 10.1 Å². The van der Waals surface area contributed by atoms with Crippen molar-refractivity contribution in [2.45, 2.75) is 112 Å².